The molecule has 24 heavy (non-hydrogen) atoms. The molecule has 1 amide bonds. The van der Waals surface area contributed by atoms with Gasteiger partial charge in [0.25, 0.3) is 0 Å². The fraction of sp³-hybridized carbons (Fsp3) is 0.438. The van der Waals surface area contributed by atoms with E-state index < -0.39 is 6.04 Å². The molecule has 2 heterocycles. The van der Waals surface area contributed by atoms with Crippen molar-refractivity contribution in [3.63, 3.8) is 0 Å². The van der Waals surface area contributed by atoms with Gasteiger partial charge in [-0.2, -0.15) is 0 Å². The molecule has 0 aliphatic carbocycles. The fourth-order valence-electron chi connectivity index (χ4n) is 2.22. The summed E-state index contributed by atoms with van der Waals surface area (Å²) in [6, 6.07) is 3.39. The number of aromatic nitrogens is 3. The van der Waals surface area contributed by atoms with Gasteiger partial charge in [0.2, 0.25) is 5.91 Å². The van der Waals surface area contributed by atoms with Crippen LogP contribution in [0.2, 0.25) is 0 Å². The third-order valence-corrected chi connectivity index (χ3v) is 3.41. The van der Waals surface area contributed by atoms with Crippen molar-refractivity contribution in [1.29, 1.82) is 0 Å². The Balaban J connectivity index is 0.00000264. The molecule has 0 fully saturated rings. The van der Waals surface area contributed by atoms with Crippen LogP contribution >= 0.6 is 24.8 Å². The SMILES string of the molecule is Cc1nccn1-c1ccc(CNC(=O)[C@@H](N)CC(C)C)cn1.Cl.Cl. The molecule has 2 rings (SSSR count). The molecule has 0 saturated heterocycles. The van der Waals surface area contributed by atoms with Gasteiger partial charge in [-0.05, 0) is 30.9 Å². The standard InChI is InChI=1S/C16H23N5O.2ClH/c1-11(2)8-14(17)16(22)20-10-13-4-5-15(19-9-13)21-7-6-18-12(21)3;;/h4-7,9,11,14H,8,10,17H2,1-3H3,(H,20,22);2*1H/t14-;;/m0../s1. The third kappa shape index (κ3) is 6.11. The Morgan fingerprint density at radius 1 is 1.29 bits per heavy atom. The van der Waals surface area contributed by atoms with Crippen LogP contribution in [0, 0.1) is 12.8 Å². The first-order valence-electron chi connectivity index (χ1n) is 7.46. The number of aryl methyl sites for hydroxylation is 1. The number of carbonyl (C=O) groups is 1. The minimum Gasteiger partial charge on any atom is -0.351 e. The number of pyridine rings is 1. The van der Waals surface area contributed by atoms with Crippen LogP contribution in [0.5, 0.6) is 0 Å². The Kier molecular flexibility index (Phi) is 9.58. The van der Waals surface area contributed by atoms with Crippen LogP contribution in [0.4, 0.5) is 0 Å². The average molecular weight is 374 g/mol. The monoisotopic (exact) mass is 373 g/mol. The van der Waals surface area contributed by atoms with Crippen molar-refractivity contribution in [2.45, 2.75) is 39.8 Å². The Labute approximate surface area is 155 Å². The third-order valence-electron chi connectivity index (χ3n) is 3.41. The number of nitrogens with zero attached hydrogens (tertiary/aromatic N) is 3. The van der Waals surface area contributed by atoms with E-state index in [0.29, 0.717) is 18.9 Å². The number of nitrogens with two attached hydrogens (primary N) is 1. The zero-order chi connectivity index (χ0) is 16.1. The molecule has 2 aromatic rings. The van der Waals surface area contributed by atoms with Gasteiger partial charge in [-0.3, -0.25) is 9.36 Å². The molecule has 6 nitrogen and oxygen atoms in total. The molecular weight excluding hydrogens is 349 g/mol. The first-order chi connectivity index (χ1) is 10.5. The second kappa shape index (κ2) is 10.3. The minimum atomic E-state index is -0.458. The summed E-state index contributed by atoms with van der Waals surface area (Å²) in [5.41, 5.74) is 6.79. The van der Waals surface area contributed by atoms with Crippen LogP contribution in [0.15, 0.2) is 30.7 Å². The maximum absolute atomic E-state index is 11.9. The van der Waals surface area contributed by atoms with E-state index in [4.69, 9.17) is 5.73 Å². The van der Waals surface area contributed by atoms with E-state index in [1.54, 1.807) is 12.4 Å². The molecule has 3 N–H and O–H groups in total. The Morgan fingerprint density at radius 2 is 2.00 bits per heavy atom. The normalized spacial score (nSPS) is 11.4. The number of halogens is 2. The summed E-state index contributed by atoms with van der Waals surface area (Å²) in [4.78, 5) is 20.4. The summed E-state index contributed by atoms with van der Waals surface area (Å²) in [5.74, 6) is 1.97. The van der Waals surface area contributed by atoms with Crippen LogP contribution < -0.4 is 11.1 Å². The van der Waals surface area contributed by atoms with Gasteiger partial charge in [0, 0.05) is 25.1 Å². The Morgan fingerprint density at radius 3 is 2.50 bits per heavy atom. The fourth-order valence-corrected chi connectivity index (χ4v) is 2.22. The van der Waals surface area contributed by atoms with E-state index >= 15 is 0 Å². The number of amides is 1. The highest BCUT2D eigenvalue weighted by Crippen LogP contribution is 2.08. The van der Waals surface area contributed by atoms with Gasteiger partial charge in [0.05, 0.1) is 6.04 Å². The number of nitrogens with one attached hydrogen (secondary N) is 1. The van der Waals surface area contributed by atoms with Crippen molar-refractivity contribution in [3.8, 4) is 5.82 Å². The van der Waals surface area contributed by atoms with Gasteiger partial charge >= 0.3 is 0 Å². The highest BCUT2D eigenvalue weighted by Gasteiger charge is 2.14. The first-order valence-corrected chi connectivity index (χ1v) is 7.46. The number of hydrogen-bond donors (Lipinski definition) is 2. The lowest BCUT2D eigenvalue weighted by Gasteiger charge is -2.14. The van der Waals surface area contributed by atoms with Gasteiger partial charge in [0.1, 0.15) is 11.6 Å². The maximum Gasteiger partial charge on any atom is 0.237 e. The number of carbonyl (C=O) groups excluding carboxylic acids is 1. The van der Waals surface area contributed by atoms with Crippen LogP contribution in [-0.2, 0) is 11.3 Å². The topological polar surface area (TPSA) is 85.8 Å². The molecule has 0 aliphatic rings. The van der Waals surface area contributed by atoms with Crippen LogP contribution in [0.1, 0.15) is 31.7 Å². The summed E-state index contributed by atoms with van der Waals surface area (Å²) < 4.78 is 1.90. The summed E-state index contributed by atoms with van der Waals surface area (Å²) >= 11 is 0. The molecular formula is C16H25Cl2N5O. The largest absolute Gasteiger partial charge is 0.351 e. The molecule has 0 unspecified atom stereocenters. The van der Waals surface area contributed by atoms with E-state index in [-0.39, 0.29) is 30.7 Å². The molecule has 134 valence electrons. The number of imidazole rings is 1. The Hall–Kier alpha value is -1.63. The highest BCUT2D eigenvalue weighted by atomic mass is 35.5. The van der Waals surface area contributed by atoms with E-state index in [1.165, 1.54) is 0 Å². The molecule has 0 bridgehead atoms. The summed E-state index contributed by atoms with van der Waals surface area (Å²) in [6.07, 6.45) is 6.04. The lowest BCUT2D eigenvalue weighted by Crippen LogP contribution is -2.41. The van der Waals surface area contributed by atoms with Crippen LogP contribution in [-0.4, -0.2) is 26.5 Å². The Bertz CT molecular complexity index is 628. The average Bonchev–Trinajstić information content (AvgIpc) is 2.90. The molecule has 8 heteroatoms. The van der Waals surface area contributed by atoms with E-state index in [1.807, 2.05) is 43.7 Å². The molecule has 2 aromatic heterocycles. The van der Waals surface area contributed by atoms with E-state index in [0.717, 1.165) is 17.2 Å². The van der Waals surface area contributed by atoms with E-state index in [9.17, 15) is 4.79 Å². The summed E-state index contributed by atoms with van der Waals surface area (Å²) in [7, 11) is 0. The molecule has 0 saturated carbocycles. The van der Waals surface area contributed by atoms with Crippen molar-refractivity contribution in [2.24, 2.45) is 11.7 Å². The van der Waals surface area contributed by atoms with Crippen molar-refractivity contribution in [1.82, 2.24) is 19.9 Å². The van der Waals surface area contributed by atoms with Gasteiger partial charge < -0.3 is 11.1 Å². The number of rotatable bonds is 6. The van der Waals surface area contributed by atoms with Crippen molar-refractivity contribution in [2.75, 3.05) is 0 Å². The van der Waals surface area contributed by atoms with Gasteiger partial charge in [-0.1, -0.05) is 19.9 Å². The number of hydrogen-bond acceptors (Lipinski definition) is 4. The lowest BCUT2D eigenvalue weighted by molar-refractivity contribution is -0.122. The molecule has 1 atom stereocenters. The zero-order valence-electron chi connectivity index (χ0n) is 14.1. The van der Waals surface area contributed by atoms with Crippen LogP contribution in [0.3, 0.4) is 0 Å². The quantitative estimate of drug-likeness (QED) is 0.813. The van der Waals surface area contributed by atoms with Gasteiger partial charge in [-0.15, -0.1) is 24.8 Å². The lowest BCUT2D eigenvalue weighted by atomic mass is 10.0. The van der Waals surface area contributed by atoms with Crippen molar-refractivity contribution in [3.05, 3.63) is 42.1 Å². The predicted octanol–water partition coefficient (Wildman–Crippen LogP) is 2.41. The maximum atomic E-state index is 11.9. The van der Waals surface area contributed by atoms with Crippen LogP contribution in [0.25, 0.3) is 5.82 Å². The molecule has 0 radical (unpaired) electrons. The van der Waals surface area contributed by atoms with Gasteiger partial charge in [-0.25, -0.2) is 9.97 Å². The summed E-state index contributed by atoms with van der Waals surface area (Å²) in [6.45, 7) is 6.45. The molecule has 0 aromatic carbocycles. The van der Waals surface area contributed by atoms with Gasteiger partial charge in [0.15, 0.2) is 0 Å². The smallest absolute Gasteiger partial charge is 0.237 e. The van der Waals surface area contributed by atoms with Crippen molar-refractivity contribution >= 4 is 30.7 Å². The second-order valence-electron chi connectivity index (χ2n) is 5.82. The molecule has 0 aliphatic heterocycles. The summed E-state index contributed by atoms with van der Waals surface area (Å²) in [5, 5.41) is 2.85. The van der Waals surface area contributed by atoms with E-state index in [2.05, 4.69) is 15.3 Å². The van der Waals surface area contributed by atoms with Crippen molar-refractivity contribution < 1.29 is 4.79 Å². The first kappa shape index (κ1) is 22.4. The molecule has 0 spiro atoms. The second-order valence-corrected chi connectivity index (χ2v) is 5.82. The zero-order valence-corrected chi connectivity index (χ0v) is 15.7. The minimum absolute atomic E-state index is 0. The predicted molar refractivity (Wildman–Crippen MR) is 99.9 cm³/mol. The highest BCUT2D eigenvalue weighted by molar-refractivity contribution is 5.85.